The number of hydrogen-bond acceptors (Lipinski definition) is 5. The van der Waals surface area contributed by atoms with Gasteiger partial charge in [-0.2, -0.15) is 0 Å². The molecule has 2 aromatic rings. The number of aliphatic hydroxyl groups excluding tert-OH is 2. The van der Waals surface area contributed by atoms with Crippen LogP contribution in [0.3, 0.4) is 0 Å². The quantitative estimate of drug-likeness (QED) is 0.497. The van der Waals surface area contributed by atoms with E-state index in [0.29, 0.717) is 21.6 Å². The number of rotatable bonds is 4. The molecule has 9 heteroatoms. The van der Waals surface area contributed by atoms with Gasteiger partial charge in [-0.15, -0.1) is 0 Å². The monoisotopic (exact) mass is 542 g/mol. The van der Waals surface area contributed by atoms with E-state index in [0.717, 1.165) is 30.0 Å². The minimum absolute atomic E-state index is 0.0434. The molecule has 1 atom stereocenters. The van der Waals surface area contributed by atoms with E-state index in [9.17, 15) is 9.90 Å². The number of hydrogen-bond donors (Lipinski definition) is 3. The number of nitrogens with one attached hydrogen (secondary N) is 1. The number of aromatic nitrogens is 2. The minimum atomic E-state index is -0.285. The van der Waals surface area contributed by atoms with Gasteiger partial charge >= 0.3 is 0 Å². The summed E-state index contributed by atoms with van der Waals surface area (Å²) in [6, 6.07) is 7.51. The fraction of sp³-hybridized carbons (Fsp3) is 0.357. The first-order valence-corrected chi connectivity index (χ1v) is 12.9. The van der Waals surface area contributed by atoms with Crippen molar-refractivity contribution in [3.05, 3.63) is 81.4 Å². The molecule has 1 aliphatic heterocycles. The van der Waals surface area contributed by atoms with E-state index in [1.165, 1.54) is 19.3 Å². The third-order valence-electron chi connectivity index (χ3n) is 5.87. The molecule has 1 unspecified atom stereocenters. The van der Waals surface area contributed by atoms with Crippen molar-refractivity contribution >= 4 is 29.1 Å². The van der Waals surface area contributed by atoms with Crippen molar-refractivity contribution in [3.63, 3.8) is 0 Å². The molecular formula is C28H32Cl2N4O3. The second-order valence-corrected chi connectivity index (χ2v) is 9.53. The van der Waals surface area contributed by atoms with Gasteiger partial charge in [-0.25, -0.2) is 9.99 Å². The smallest absolute Gasteiger partial charge is 0.231 e. The van der Waals surface area contributed by atoms with Gasteiger partial charge in [-0.05, 0) is 56.2 Å². The van der Waals surface area contributed by atoms with Gasteiger partial charge in [-0.1, -0.05) is 53.6 Å². The molecule has 4 rings (SSSR count). The zero-order valence-corrected chi connectivity index (χ0v) is 22.6. The average molecular weight is 543 g/mol. The molecule has 1 aromatic carbocycles. The summed E-state index contributed by atoms with van der Waals surface area (Å²) >= 11 is 12.6. The largest absolute Gasteiger partial charge is 0.390 e. The Labute approximate surface area is 228 Å². The fourth-order valence-electron chi connectivity index (χ4n) is 4.16. The van der Waals surface area contributed by atoms with Gasteiger partial charge in [0.25, 0.3) is 0 Å². The number of carbonyl (C=O) groups excluding carboxylic acids is 1. The molecule has 2 aliphatic rings. The molecule has 0 radical (unpaired) electrons. The lowest BCUT2D eigenvalue weighted by molar-refractivity contribution is -0.124. The van der Waals surface area contributed by atoms with Gasteiger partial charge < -0.3 is 10.2 Å². The zero-order chi connectivity index (χ0) is 26.8. The van der Waals surface area contributed by atoms with Crippen molar-refractivity contribution in [2.45, 2.75) is 45.6 Å². The summed E-state index contributed by atoms with van der Waals surface area (Å²) in [6.45, 7) is 5.10. The Morgan fingerprint density at radius 3 is 2.49 bits per heavy atom. The lowest BCUT2D eigenvalue weighted by Crippen LogP contribution is -2.43. The molecule has 0 bridgehead atoms. The Balaban J connectivity index is 0.000000319. The molecule has 37 heavy (non-hydrogen) atoms. The van der Waals surface area contributed by atoms with E-state index in [4.69, 9.17) is 28.3 Å². The van der Waals surface area contributed by atoms with Crippen LogP contribution in [0.4, 0.5) is 0 Å². The third-order valence-corrected chi connectivity index (χ3v) is 6.45. The lowest BCUT2D eigenvalue weighted by atomic mass is 10.1. The van der Waals surface area contributed by atoms with Crippen LogP contribution < -0.4 is 5.43 Å². The number of carbonyl (C=O) groups is 1. The molecular weight excluding hydrogens is 511 g/mol. The van der Waals surface area contributed by atoms with E-state index in [-0.39, 0.29) is 25.0 Å². The van der Waals surface area contributed by atoms with Crippen LogP contribution in [0.15, 0.2) is 58.6 Å². The van der Waals surface area contributed by atoms with E-state index in [1.807, 2.05) is 52.9 Å². The maximum atomic E-state index is 10.6. The predicted molar refractivity (Wildman–Crippen MR) is 147 cm³/mol. The predicted octanol–water partition coefficient (Wildman–Crippen LogP) is 4.44. The van der Waals surface area contributed by atoms with Crippen LogP contribution in [0.5, 0.6) is 0 Å². The van der Waals surface area contributed by atoms with Crippen molar-refractivity contribution in [2.24, 2.45) is 0 Å². The Hall–Kier alpha value is -2.86. The van der Waals surface area contributed by atoms with Crippen LogP contribution in [0.25, 0.3) is 5.69 Å². The van der Waals surface area contributed by atoms with Gasteiger partial charge in [0.1, 0.15) is 12.4 Å². The van der Waals surface area contributed by atoms with Crippen molar-refractivity contribution in [1.82, 2.24) is 20.0 Å². The van der Waals surface area contributed by atoms with Gasteiger partial charge in [0.05, 0.1) is 23.9 Å². The summed E-state index contributed by atoms with van der Waals surface area (Å²) in [6.07, 6.45) is 11.0. The summed E-state index contributed by atoms with van der Waals surface area (Å²) in [5.41, 5.74) is 5.83. The number of halogens is 2. The number of amides is 1. The summed E-state index contributed by atoms with van der Waals surface area (Å²) in [4.78, 5) is 15.2. The first-order valence-electron chi connectivity index (χ1n) is 12.2. The first kappa shape index (κ1) is 28.7. The molecule has 2 heterocycles. The second-order valence-electron chi connectivity index (χ2n) is 8.66. The molecule has 0 spiro atoms. The van der Waals surface area contributed by atoms with Crippen molar-refractivity contribution in [1.29, 1.82) is 0 Å². The summed E-state index contributed by atoms with van der Waals surface area (Å²) in [7, 11) is 0. The molecule has 3 N–H and O–H groups in total. The SMILES string of the molecule is CC(=O)NN1CCCCC1.Cc1nc(C2C=CC=C(Cl)C=C2Cl)n(-c2ccc(C#CCO)cc2)c1CO. The van der Waals surface area contributed by atoms with Crippen LogP contribution in [0.1, 0.15) is 54.9 Å². The fourth-order valence-corrected chi connectivity index (χ4v) is 4.70. The van der Waals surface area contributed by atoms with E-state index in [1.54, 1.807) is 19.1 Å². The van der Waals surface area contributed by atoms with E-state index in [2.05, 4.69) is 22.3 Å². The minimum Gasteiger partial charge on any atom is -0.390 e. The number of aliphatic hydroxyl groups is 2. The number of benzene rings is 1. The standard InChI is InChI=1S/C21H18Cl2N2O2.C7H14N2O/c1-14-20(13-27)25(17-9-7-15(8-10-17)4-3-11-26)21(24-14)18-6-2-5-16(22)12-19(18)23;1-7(10)8-9-5-3-2-4-6-9/h2,5-10,12,18,26-27H,11,13H2,1H3;2-6H2,1H3,(H,8,10). The Bertz CT molecular complexity index is 1230. The van der Waals surface area contributed by atoms with Gasteiger partial charge in [0, 0.05) is 41.3 Å². The maximum Gasteiger partial charge on any atom is 0.231 e. The van der Waals surface area contributed by atoms with Crippen molar-refractivity contribution in [3.8, 4) is 17.5 Å². The van der Waals surface area contributed by atoms with Crippen LogP contribution >= 0.6 is 23.2 Å². The summed E-state index contributed by atoms with van der Waals surface area (Å²) < 4.78 is 1.91. The topological polar surface area (TPSA) is 90.6 Å². The number of aryl methyl sites for hydroxylation is 1. The zero-order valence-electron chi connectivity index (χ0n) is 21.0. The second kappa shape index (κ2) is 14.2. The van der Waals surface area contributed by atoms with E-state index < -0.39 is 0 Å². The van der Waals surface area contributed by atoms with Crippen molar-refractivity contribution in [2.75, 3.05) is 19.7 Å². The number of nitrogens with zero attached hydrogens (tertiary/aromatic N) is 3. The molecule has 1 fully saturated rings. The van der Waals surface area contributed by atoms with Crippen LogP contribution in [-0.4, -0.2) is 50.4 Å². The van der Waals surface area contributed by atoms with E-state index >= 15 is 0 Å². The maximum absolute atomic E-state index is 10.6. The van der Waals surface area contributed by atoms with Gasteiger partial charge in [0.15, 0.2) is 0 Å². The molecule has 7 nitrogen and oxygen atoms in total. The normalized spacial score (nSPS) is 17.4. The lowest BCUT2D eigenvalue weighted by Gasteiger charge is -2.25. The van der Waals surface area contributed by atoms with Gasteiger partial charge in [0.2, 0.25) is 5.91 Å². The molecule has 1 aliphatic carbocycles. The third kappa shape index (κ3) is 8.06. The first-order chi connectivity index (χ1) is 17.8. The highest BCUT2D eigenvalue weighted by Crippen LogP contribution is 2.34. The van der Waals surface area contributed by atoms with Gasteiger partial charge in [-0.3, -0.25) is 14.8 Å². The number of allylic oxidation sites excluding steroid dienone is 6. The van der Waals surface area contributed by atoms with Crippen LogP contribution in [0.2, 0.25) is 0 Å². The Kier molecular flexibility index (Phi) is 11.0. The summed E-state index contributed by atoms with van der Waals surface area (Å²) in [5, 5.41) is 21.8. The molecule has 1 aromatic heterocycles. The molecule has 196 valence electrons. The average Bonchev–Trinajstić information content (AvgIpc) is 3.11. The van der Waals surface area contributed by atoms with Crippen molar-refractivity contribution < 1.29 is 15.0 Å². The Morgan fingerprint density at radius 1 is 1.16 bits per heavy atom. The Morgan fingerprint density at radius 2 is 1.86 bits per heavy atom. The number of imidazole rings is 1. The molecule has 0 saturated carbocycles. The number of hydrazine groups is 1. The highest BCUT2D eigenvalue weighted by molar-refractivity contribution is 6.35. The summed E-state index contributed by atoms with van der Waals surface area (Å²) in [5.74, 6) is 5.95. The van der Waals surface area contributed by atoms with Crippen LogP contribution in [-0.2, 0) is 11.4 Å². The number of piperidine rings is 1. The highest BCUT2D eigenvalue weighted by Gasteiger charge is 2.24. The highest BCUT2D eigenvalue weighted by atomic mass is 35.5. The molecule has 1 saturated heterocycles. The van der Waals surface area contributed by atoms with Crippen LogP contribution in [0, 0.1) is 18.8 Å². The molecule has 1 amide bonds.